The lowest BCUT2D eigenvalue weighted by atomic mass is 10.3. The highest BCUT2D eigenvalue weighted by molar-refractivity contribution is 7.91. The Hall–Kier alpha value is -0.180. The topological polar surface area (TPSA) is 83.3 Å². The first-order chi connectivity index (χ1) is 6.39. The Morgan fingerprint density at radius 1 is 1.29 bits per heavy atom. The van der Waals surface area contributed by atoms with Crippen molar-refractivity contribution in [3.63, 3.8) is 0 Å². The van der Waals surface area contributed by atoms with Crippen molar-refractivity contribution >= 4 is 20.0 Å². The first-order valence-electron chi connectivity index (χ1n) is 4.37. The highest BCUT2D eigenvalue weighted by Gasteiger charge is 2.36. The van der Waals surface area contributed by atoms with E-state index in [-0.39, 0.29) is 11.5 Å². The summed E-state index contributed by atoms with van der Waals surface area (Å²) in [6.07, 6.45) is 0.384. The Morgan fingerprint density at radius 3 is 2.36 bits per heavy atom. The first kappa shape index (κ1) is 10.3. The van der Waals surface area contributed by atoms with Gasteiger partial charge in [0.2, 0.25) is 0 Å². The molecule has 0 radical (unpaired) electrons. The fraction of sp³-hybridized carbons (Fsp3) is 1.00. The van der Waals surface area contributed by atoms with Gasteiger partial charge in [0.05, 0.1) is 11.5 Å². The van der Waals surface area contributed by atoms with E-state index < -0.39 is 26.1 Å². The van der Waals surface area contributed by atoms with E-state index in [4.69, 9.17) is 0 Å². The Bertz CT molecular complexity index is 423. The number of rotatable bonds is 3. The van der Waals surface area contributed by atoms with E-state index in [1.54, 1.807) is 0 Å². The van der Waals surface area contributed by atoms with Gasteiger partial charge in [0.15, 0.2) is 9.84 Å². The summed E-state index contributed by atoms with van der Waals surface area (Å²) in [7, 11) is -6.42. The number of hydrogen-bond donors (Lipinski definition) is 1. The van der Waals surface area contributed by atoms with Crippen LogP contribution in [0.2, 0.25) is 0 Å². The van der Waals surface area contributed by atoms with Crippen LogP contribution < -0.4 is 4.72 Å². The van der Waals surface area contributed by atoms with E-state index in [2.05, 4.69) is 4.72 Å². The average Bonchev–Trinajstić information content (AvgIpc) is 2.78. The molecule has 82 valence electrons. The molecular weight excluding hydrogens is 228 g/mol. The van der Waals surface area contributed by atoms with Crippen molar-refractivity contribution in [1.29, 1.82) is 0 Å². The summed E-state index contributed by atoms with van der Waals surface area (Å²) < 4.78 is 48.6. The van der Waals surface area contributed by atoms with Crippen LogP contribution in [0.25, 0.3) is 0 Å². The van der Waals surface area contributed by atoms with Gasteiger partial charge in [-0.3, -0.25) is 0 Å². The molecule has 2 heterocycles. The van der Waals surface area contributed by atoms with E-state index in [1.807, 2.05) is 0 Å². The summed E-state index contributed by atoms with van der Waals surface area (Å²) in [6, 6.07) is -0.439. The van der Waals surface area contributed by atoms with Crippen LogP contribution in [0.3, 0.4) is 0 Å². The number of nitrogens with zero attached hydrogens (tertiary/aromatic N) is 1. The monoisotopic (exact) mass is 240 g/mol. The van der Waals surface area contributed by atoms with E-state index in [0.29, 0.717) is 19.5 Å². The van der Waals surface area contributed by atoms with E-state index >= 15 is 0 Å². The zero-order valence-electron chi connectivity index (χ0n) is 7.51. The van der Waals surface area contributed by atoms with Crippen molar-refractivity contribution in [2.45, 2.75) is 12.5 Å². The molecule has 1 atom stereocenters. The van der Waals surface area contributed by atoms with Gasteiger partial charge in [0, 0.05) is 19.1 Å². The molecule has 0 bridgehead atoms. The van der Waals surface area contributed by atoms with Crippen LogP contribution in [0.5, 0.6) is 0 Å². The molecule has 0 aliphatic carbocycles. The number of sulfone groups is 1. The van der Waals surface area contributed by atoms with Gasteiger partial charge in [0.25, 0.3) is 10.2 Å². The Kier molecular flexibility index (Phi) is 2.33. The molecule has 14 heavy (non-hydrogen) atoms. The SMILES string of the molecule is O=S1(=O)CCC(NS(=O)(=O)N2CC2)C1. The van der Waals surface area contributed by atoms with E-state index in [9.17, 15) is 16.8 Å². The summed E-state index contributed by atoms with van der Waals surface area (Å²) in [5, 5.41) is 0. The molecule has 1 unspecified atom stereocenters. The average molecular weight is 240 g/mol. The molecule has 2 saturated heterocycles. The highest BCUT2D eigenvalue weighted by Crippen LogP contribution is 2.16. The highest BCUT2D eigenvalue weighted by atomic mass is 32.2. The minimum absolute atomic E-state index is 0.0694. The third-order valence-electron chi connectivity index (χ3n) is 2.29. The molecule has 2 rings (SSSR count). The smallest absolute Gasteiger partial charge is 0.229 e. The molecule has 2 aliphatic heterocycles. The second-order valence-electron chi connectivity index (χ2n) is 3.62. The lowest BCUT2D eigenvalue weighted by Crippen LogP contribution is -2.39. The van der Waals surface area contributed by atoms with Gasteiger partial charge >= 0.3 is 0 Å². The zero-order chi connectivity index (χ0) is 10.4. The Morgan fingerprint density at radius 2 is 1.93 bits per heavy atom. The fourth-order valence-corrected chi connectivity index (χ4v) is 4.57. The van der Waals surface area contributed by atoms with Crippen LogP contribution in [0.4, 0.5) is 0 Å². The van der Waals surface area contributed by atoms with Crippen LogP contribution in [-0.2, 0) is 20.0 Å². The molecule has 0 saturated carbocycles. The second kappa shape index (κ2) is 3.16. The predicted octanol–water partition coefficient (Wildman–Crippen LogP) is -1.68. The zero-order valence-corrected chi connectivity index (χ0v) is 9.14. The van der Waals surface area contributed by atoms with Gasteiger partial charge in [-0.25, -0.2) is 8.42 Å². The van der Waals surface area contributed by atoms with E-state index in [0.717, 1.165) is 0 Å². The van der Waals surface area contributed by atoms with Gasteiger partial charge in [-0.05, 0) is 6.42 Å². The summed E-state index contributed by atoms with van der Waals surface area (Å²) in [4.78, 5) is 0. The predicted molar refractivity (Wildman–Crippen MR) is 50.7 cm³/mol. The summed E-state index contributed by atoms with van der Waals surface area (Å²) in [5.74, 6) is 0.0141. The van der Waals surface area contributed by atoms with Crippen LogP contribution in [0.1, 0.15) is 6.42 Å². The minimum atomic E-state index is -3.40. The molecule has 6 nitrogen and oxygen atoms in total. The number of hydrogen-bond acceptors (Lipinski definition) is 4. The first-order valence-corrected chi connectivity index (χ1v) is 7.63. The van der Waals surface area contributed by atoms with Crippen LogP contribution in [0, 0.1) is 0 Å². The Labute approximate surface area is 83.4 Å². The van der Waals surface area contributed by atoms with Crippen molar-refractivity contribution in [1.82, 2.24) is 9.03 Å². The largest absolute Gasteiger partial charge is 0.279 e. The standard InChI is InChI=1S/C6H12N2O4S2/c9-13(10)4-1-6(5-13)7-14(11,12)8-2-3-8/h6-7H,1-5H2. The van der Waals surface area contributed by atoms with Crippen LogP contribution in [-0.4, -0.2) is 51.8 Å². The molecule has 0 aromatic rings. The van der Waals surface area contributed by atoms with Gasteiger partial charge in [-0.15, -0.1) is 0 Å². The summed E-state index contributed by atoms with van der Waals surface area (Å²) >= 11 is 0. The molecule has 0 aromatic heterocycles. The normalized spacial score (nSPS) is 31.9. The van der Waals surface area contributed by atoms with Crippen LogP contribution in [0.15, 0.2) is 0 Å². The fourth-order valence-electron chi connectivity index (χ4n) is 1.45. The quantitative estimate of drug-likeness (QED) is 0.597. The van der Waals surface area contributed by atoms with Crippen molar-refractivity contribution in [2.24, 2.45) is 0 Å². The van der Waals surface area contributed by atoms with Gasteiger partial charge < -0.3 is 0 Å². The molecule has 8 heteroatoms. The maximum Gasteiger partial charge on any atom is 0.279 e. The second-order valence-corrected chi connectivity index (χ2v) is 7.55. The maximum absolute atomic E-state index is 11.4. The maximum atomic E-state index is 11.4. The summed E-state index contributed by atoms with van der Waals surface area (Å²) in [5.41, 5.74) is 0. The Balaban J connectivity index is 1.99. The third kappa shape index (κ3) is 2.25. The van der Waals surface area contributed by atoms with Crippen molar-refractivity contribution in [2.75, 3.05) is 24.6 Å². The molecular formula is C6H12N2O4S2. The molecule has 1 N–H and O–H groups in total. The van der Waals surface area contributed by atoms with Gasteiger partial charge in [-0.2, -0.15) is 17.4 Å². The molecule has 2 fully saturated rings. The number of nitrogens with one attached hydrogen (secondary N) is 1. The lowest BCUT2D eigenvalue weighted by molar-refractivity contribution is 0.530. The molecule has 0 amide bonds. The molecule has 2 aliphatic rings. The van der Waals surface area contributed by atoms with E-state index in [1.165, 1.54) is 4.31 Å². The van der Waals surface area contributed by atoms with Crippen molar-refractivity contribution in [3.05, 3.63) is 0 Å². The molecule has 0 spiro atoms. The minimum Gasteiger partial charge on any atom is -0.229 e. The van der Waals surface area contributed by atoms with Crippen molar-refractivity contribution in [3.8, 4) is 0 Å². The van der Waals surface area contributed by atoms with Crippen LogP contribution >= 0.6 is 0 Å². The summed E-state index contributed by atoms with van der Waals surface area (Å²) in [6.45, 7) is 1.07. The lowest BCUT2D eigenvalue weighted by Gasteiger charge is -2.10. The molecule has 0 aromatic carbocycles. The van der Waals surface area contributed by atoms with Gasteiger partial charge in [0.1, 0.15) is 0 Å². The van der Waals surface area contributed by atoms with Crippen molar-refractivity contribution < 1.29 is 16.8 Å². The van der Waals surface area contributed by atoms with Gasteiger partial charge in [-0.1, -0.05) is 0 Å². The third-order valence-corrected chi connectivity index (χ3v) is 5.74.